The van der Waals surface area contributed by atoms with Crippen LogP contribution in [0.1, 0.15) is 47.8 Å². The number of hydrogen-bond acceptors (Lipinski definition) is 6. The van der Waals surface area contributed by atoms with Crippen LogP contribution in [-0.4, -0.2) is 37.9 Å². The Balaban J connectivity index is 1.73. The zero-order chi connectivity index (χ0) is 22.0. The van der Waals surface area contributed by atoms with Crippen LogP contribution in [0, 0.1) is 12.8 Å². The molecule has 0 fully saturated rings. The number of ketones is 1. The number of benzene rings is 1. The Labute approximate surface area is 174 Å². The predicted molar refractivity (Wildman–Crippen MR) is 113 cm³/mol. The molecule has 0 saturated heterocycles. The fraction of sp³-hybridized carbons (Fsp3) is 0.318. The van der Waals surface area contributed by atoms with Crippen molar-refractivity contribution < 1.29 is 19.8 Å². The van der Waals surface area contributed by atoms with E-state index in [2.05, 4.69) is 15.3 Å². The number of hydrogen-bond donors (Lipinski definition) is 5. The van der Waals surface area contributed by atoms with E-state index in [4.69, 9.17) is 5.73 Å². The van der Waals surface area contributed by atoms with E-state index in [9.17, 15) is 19.8 Å². The van der Waals surface area contributed by atoms with Gasteiger partial charge < -0.3 is 21.3 Å². The standard InChI is InChI=1S/C22H26N4O4/c1-11(2)19(20(28)18-12(3)21(29)26-22(18)30)25-17(27)9-16(23)14-5-4-13-6-7-24-10-15(13)8-14/h4-8,10-11,16,19,26,29-30H,9,23H2,1-3H3,(H,25,27)/t16?,19-/m0/s1. The van der Waals surface area contributed by atoms with Crippen LogP contribution >= 0.6 is 0 Å². The third kappa shape index (κ3) is 4.28. The van der Waals surface area contributed by atoms with Gasteiger partial charge in [-0.25, -0.2) is 0 Å². The molecule has 0 radical (unpaired) electrons. The smallest absolute Gasteiger partial charge is 0.222 e. The predicted octanol–water partition coefficient (Wildman–Crippen LogP) is 2.70. The van der Waals surface area contributed by atoms with Gasteiger partial charge in [0.05, 0.1) is 11.6 Å². The molecule has 0 saturated carbocycles. The van der Waals surface area contributed by atoms with Crippen LogP contribution in [0.25, 0.3) is 10.8 Å². The molecule has 2 heterocycles. The highest BCUT2D eigenvalue weighted by Gasteiger charge is 2.31. The Morgan fingerprint density at radius 1 is 1.17 bits per heavy atom. The summed E-state index contributed by atoms with van der Waals surface area (Å²) < 4.78 is 0. The van der Waals surface area contributed by atoms with Crippen LogP contribution in [0.4, 0.5) is 0 Å². The molecule has 0 bridgehead atoms. The highest BCUT2D eigenvalue weighted by atomic mass is 16.3. The largest absolute Gasteiger partial charge is 0.494 e. The Hall–Kier alpha value is -3.39. The fourth-order valence-electron chi connectivity index (χ4n) is 3.44. The molecule has 158 valence electrons. The molecule has 0 aliphatic rings. The Kier molecular flexibility index (Phi) is 6.07. The third-order valence-electron chi connectivity index (χ3n) is 5.21. The number of amides is 1. The second-order valence-corrected chi connectivity index (χ2v) is 7.77. The van der Waals surface area contributed by atoms with Crippen molar-refractivity contribution in [3.63, 3.8) is 0 Å². The number of aromatic amines is 1. The van der Waals surface area contributed by atoms with Crippen LogP contribution in [0.3, 0.4) is 0 Å². The summed E-state index contributed by atoms with van der Waals surface area (Å²) in [6.07, 6.45) is 3.44. The van der Waals surface area contributed by atoms with Crippen molar-refractivity contribution in [2.24, 2.45) is 11.7 Å². The van der Waals surface area contributed by atoms with Gasteiger partial charge in [0.2, 0.25) is 11.8 Å². The number of rotatable bonds is 7. The Bertz CT molecular complexity index is 1090. The molecular weight excluding hydrogens is 384 g/mol. The molecule has 3 aromatic rings. The van der Waals surface area contributed by atoms with Crippen LogP contribution in [0.15, 0.2) is 36.7 Å². The number of carbonyl (C=O) groups excluding carboxylic acids is 2. The summed E-state index contributed by atoms with van der Waals surface area (Å²) in [4.78, 5) is 32.0. The summed E-state index contributed by atoms with van der Waals surface area (Å²) >= 11 is 0. The van der Waals surface area contributed by atoms with E-state index in [1.165, 1.54) is 6.92 Å². The van der Waals surface area contributed by atoms with Gasteiger partial charge in [-0.2, -0.15) is 0 Å². The van der Waals surface area contributed by atoms with Crippen LogP contribution in [-0.2, 0) is 4.79 Å². The van der Waals surface area contributed by atoms with Crippen molar-refractivity contribution >= 4 is 22.5 Å². The minimum absolute atomic E-state index is 0.00831. The van der Waals surface area contributed by atoms with Crippen LogP contribution in [0.5, 0.6) is 11.8 Å². The third-order valence-corrected chi connectivity index (χ3v) is 5.21. The first-order chi connectivity index (χ1) is 14.2. The maximum Gasteiger partial charge on any atom is 0.222 e. The summed E-state index contributed by atoms with van der Waals surface area (Å²) in [6.45, 7) is 5.10. The van der Waals surface area contributed by atoms with Gasteiger partial charge in [0.1, 0.15) is 0 Å². The molecule has 8 heteroatoms. The first-order valence-electron chi connectivity index (χ1n) is 9.72. The molecule has 0 aliphatic heterocycles. The highest BCUT2D eigenvalue weighted by Crippen LogP contribution is 2.30. The fourth-order valence-corrected chi connectivity index (χ4v) is 3.44. The van der Waals surface area contributed by atoms with Gasteiger partial charge in [-0.1, -0.05) is 26.0 Å². The average Bonchev–Trinajstić information content (AvgIpc) is 2.96. The lowest BCUT2D eigenvalue weighted by molar-refractivity contribution is -0.122. The Morgan fingerprint density at radius 3 is 2.53 bits per heavy atom. The van der Waals surface area contributed by atoms with E-state index in [1.807, 2.05) is 24.3 Å². The molecule has 1 aromatic carbocycles. The average molecular weight is 410 g/mol. The second-order valence-electron chi connectivity index (χ2n) is 7.77. The number of aromatic nitrogens is 2. The van der Waals surface area contributed by atoms with Crippen molar-refractivity contribution in [1.82, 2.24) is 15.3 Å². The van der Waals surface area contributed by atoms with E-state index in [-0.39, 0.29) is 35.3 Å². The molecule has 1 amide bonds. The number of nitrogens with zero attached hydrogens (tertiary/aromatic N) is 1. The van der Waals surface area contributed by atoms with E-state index in [1.54, 1.807) is 26.2 Å². The van der Waals surface area contributed by atoms with Gasteiger partial charge in [-0.3, -0.25) is 19.6 Å². The minimum Gasteiger partial charge on any atom is -0.494 e. The summed E-state index contributed by atoms with van der Waals surface area (Å²) in [5.74, 6) is -1.79. The molecule has 6 N–H and O–H groups in total. The number of aromatic hydroxyl groups is 2. The number of H-pyrrole nitrogens is 1. The number of Topliss-reactive ketones (excluding diaryl/α,β-unsaturated/α-hetero) is 1. The lowest BCUT2D eigenvalue weighted by Crippen LogP contribution is -2.45. The van der Waals surface area contributed by atoms with Crippen molar-refractivity contribution in [3.05, 3.63) is 53.3 Å². The summed E-state index contributed by atoms with van der Waals surface area (Å²) in [5, 5.41) is 24.4. The molecule has 2 aromatic heterocycles. The van der Waals surface area contributed by atoms with Crippen molar-refractivity contribution in [1.29, 1.82) is 0 Å². The SMILES string of the molecule is Cc1c(O)[nH]c(O)c1C(=O)[C@@H](NC(=O)CC(N)c1ccc2ccncc2c1)C(C)C. The lowest BCUT2D eigenvalue weighted by Gasteiger charge is -2.22. The van der Waals surface area contributed by atoms with Crippen molar-refractivity contribution in [2.45, 2.75) is 39.3 Å². The van der Waals surface area contributed by atoms with Gasteiger partial charge in [-0.05, 0) is 35.9 Å². The molecular formula is C22H26N4O4. The lowest BCUT2D eigenvalue weighted by atomic mass is 9.93. The minimum atomic E-state index is -0.870. The monoisotopic (exact) mass is 410 g/mol. The Morgan fingerprint density at radius 2 is 1.90 bits per heavy atom. The quantitative estimate of drug-likeness (QED) is 0.379. The number of pyridine rings is 1. The van der Waals surface area contributed by atoms with Crippen LogP contribution < -0.4 is 11.1 Å². The van der Waals surface area contributed by atoms with Gasteiger partial charge in [-0.15, -0.1) is 0 Å². The summed E-state index contributed by atoms with van der Waals surface area (Å²) in [5.41, 5.74) is 7.23. The van der Waals surface area contributed by atoms with Gasteiger partial charge >= 0.3 is 0 Å². The molecule has 0 aliphatic carbocycles. The normalized spacial score (nSPS) is 13.4. The van der Waals surface area contributed by atoms with E-state index in [0.29, 0.717) is 0 Å². The zero-order valence-corrected chi connectivity index (χ0v) is 17.1. The van der Waals surface area contributed by atoms with E-state index >= 15 is 0 Å². The first-order valence-corrected chi connectivity index (χ1v) is 9.72. The maximum atomic E-state index is 12.9. The molecule has 8 nitrogen and oxygen atoms in total. The number of nitrogens with two attached hydrogens (primary N) is 1. The topological polar surface area (TPSA) is 141 Å². The maximum absolute atomic E-state index is 12.9. The highest BCUT2D eigenvalue weighted by molar-refractivity contribution is 6.05. The first kappa shape index (κ1) is 21.3. The molecule has 30 heavy (non-hydrogen) atoms. The van der Waals surface area contributed by atoms with Gasteiger partial charge in [0.15, 0.2) is 11.7 Å². The number of nitrogens with one attached hydrogen (secondary N) is 2. The summed E-state index contributed by atoms with van der Waals surface area (Å²) in [6, 6.07) is 6.17. The van der Waals surface area contributed by atoms with Crippen molar-refractivity contribution in [2.75, 3.05) is 0 Å². The van der Waals surface area contributed by atoms with Gasteiger partial charge in [0.25, 0.3) is 0 Å². The second kappa shape index (κ2) is 8.54. The van der Waals surface area contributed by atoms with E-state index in [0.717, 1.165) is 16.3 Å². The van der Waals surface area contributed by atoms with Gasteiger partial charge in [0, 0.05) is 35.8 Å². The van der Waals surface area contributed by atoms with Crippen molar-refractivity contribution in [3.8, 4) is 11.8 Å². The molecule has 3 rings (SSSR count). The number of fused-ring (bicyclic) bond motifs is 1. The molecule has 1 unspecified atom stereocenters. The van der Waals surface area contributed by atoms with Crippen LogP contribution in [0.2, 0.25) is 0 Å². The summed E-state index contributed by atoms with van der Waals surface area (Å²) in [7, 11) is 0. The number of carbonyl (C=O) groups is 2. The molecule has 0 spiro atoms. The molecule has 2 atom stereocenters. The zero-order valence-electron chi connectivity index (χ0n) is 17.1. The van der Waals surface area contributed by atoms with E-state index < -0.39 is 23.7 Å².